The summed E-state index contributed by atoms with van der Waals surface area (Å²) in [5, 5.41) is 0. The molecule has 0 radical (unpaired) electrons. The summed E-state index contributed by atoms with van der Waals surface area (Å²) in [6.45, 7) is 7.47. The first-order valence-corrected chi connectivity index (χ1v) is 6.41. The highest BCUT2D eigenvalue weighted by Gasteiger charge is 2.32. The van der Waals surface area contributed by atoms with Crippen molar-refractivity contribution in [1.82, 2.24) is 0 Å². The lowest BCUT2D eigenvalue weighted by Gasteiger charge is -2.20. The Morgan fingerprint density at radius 3 is 2.31 bits per heavy atom. The first kappa shape index (κ1) is 11.7. The summed E-state index contributed by atoms with van der Waals surface area (Å²) in [5.74, 6) is 1.62. The average Bonchev–Trinajstić information content (AvgIpc) is 3.04. The van der Waals surface area contributed by atoms with Gasteiger partial charge in [0.2, 0.25) is 0 Å². The molecule has 0 saturated heterocycles. The molecule has 0 bridgehead atoms. The summed E-state index contributed by atoms with van der Waals surface area (Å²) in [4.78, 5) is 0. The molecule has 1 fully saturated rings. The lowest BCUT2D eigenvalue weighted by molar-refractivity contribution is 0.562. The maximum atomic E-state index is 5.75. The van der Waals surface area contributed by atoms with Crippen LogP contribution in [0.15, 0.2) is 12.1 Å². The summed E-state index contributed by atoms with van der Waals surface area (Å²) < 4.78 is 0. The molecule has 88 valence electrons. The van der Waals surface area contributed by atoms with Gasteiger partial charge >= 0.3 is 0 Å². The second kappa shape index (κ2) is 4.58. The number of nitrogens with two attached hydrogens (primary N) is 1. The average molecular weight is 217 g/mol. The van der Waals surface area contributed by atoms with Gasteiger partial charge in [0.15, 0.2) is 0 Å². The van der Waals surface area contributed by atoms with Crippen LogP contribution >= 0.6 is 0 Å². The molecule has 1 aromatic rings. The van der Waals surface area contributed by atoms with Gasteiger partial charge in [-0.15, -0.1) is 0 Å². The van der Waals surface area contributed by atoms with Crippen LogP contribution in [-0.4, -0.2) is 6.54 Å². The zero-order chi connectivity index (χ0) is 11.7. The van der Waals surface area contributed by atoms with Gasteiger partial charge < -0.3 is 5.73 Å². The van der Waals surface area contributed by atoms with E-state index >= 15 is 0 Å². The molecule has 2 N–H and O–H groups in total. The van der Waals surface area contributed by atoms with Crippen LogP contribution in [0.1, 0.15) is 47.4 Å². The molecule has 1 aliphatic rings. The van der Waals surface area contributed by atoms with Gasteiger partial charge in [-0.2, -0.15) is 0 Å². The lowest BCUT2D eigenvalue weighted by Crippen LogP contribution is -2.11. The topological polar surface area (TPSA) is 26.0 Å². The number of benzene rings is 1. The molecule has 1 heteroatoms. The van der Waals surface area contributed by atoms with Gasteiger partial charge in [0.25, 0.3) is 0 Å². The van der Waals surface area contributed by atoms with Crippen molar-refractivity contribution in [3.63, 3.8) is 0 Å². The first-order chi connectivity index (χ1) is 7.63. The van der Waals surface area contributed by atoms with Crippen LogP contribution in [-0.2, 0) is 0 Å². The molecule has 1 nitrogen and oxygen atoms in total. The zero-order valence-corrected chi connectivity index (χ0v) is 10.7. The van der Waals surface area contributed by atoms with Crippen LogP contribution in [0.4, 0.5) is 0 Å². The van der Waals surface area contributed by atoms with Crippen molar-refractivity contribution < 1.29 is 0 Å². The normalized spacial score (nSPS) is 17.5. The van der Waals surface area contributed by atoms with Gasteiger partial charge in [0, 0.05) is 0 Å². The smallest absolute Gasteiger partial charge is 0.00713 e. The number of aryl methyl sites for hydroxylation is 3. The second-order valence-electron chi connectivity index (χ2n) is 5.31. The molecule has 0 spiro atoms. The monoisotopic (exact) mass is 217 g/mol. The van der Waals surface area contributed by atoms with Gasteiger partial charge in [0.1, 0.15) is 0 Å². The third-order valence-electron chi connectivity index (χ3n) is 3.95. The fourth-order valence-electron chi connectivity index (χ4n) is 2.71. The minimum absolute atomic E-state index is 0.712. The molecule has 2 rings (SSSR count). The molecule has 1 aromatic carbocycles. The molecule has 0 aliphatic heterocycles. The van der Waals surface area contributed by atoms with Crippen LogP contribution in [0.25, 0.3) is 0 Å². The van der Waals surface area contributed by atoms with E-state index < -0.39 is 0 Å². The molecule has 1 saturated carbocycles. The van der Waals surface area contributed by atoms with Crippen molar-refractivity contribution in [2.75, 3.05) is 6.54 Å². The van der Waals surface area contributed by atoms with Crippen molar-refractivity contribution >= 4 is 0 Å². The maximum Gasteiger partial charge on any atom is -0.00713 e. The number of hydrogen-bond acceptors (Lipinski definition) is 1. The van der Waals surface area contributed by atoms with Gasteiger partial charge in [-0.25, -0.2) is 0 Å². The summed E-state index contributed by atoms with van der Waals surface area (Å²) in [6, 6.07) is 4.72. The Morgan fingerprint density at radius 1 is 1.12 bits per heavy atom. The van der Waals surface area contributed by atoms with Gasteiger partial charge in [-0.3, -0.25) is 0 Å². The quantitative estimate of drug-likeness (QED) is 0.821. The molecule has 1 atom stereocenters. The predicted octanol–water partition coefficient (Wildman–Crippen LogP) is 3.45. The molecular formula is C15H23N. The van der Waals surface area contributed by atoms with E-state index in [9.17, 15) is 0 Å². The SMILES string of the molecule is Cc1cc(C)c(C(CCN)C2CC2)cc1C. The van der Waals surface area contributed by atoms with Crippen molar-refractivity contribution in [3.05, 3.63) is 34.4 Å². The minimum atomic E-state index is 0.712. The van der Waals surface area contributed by atoms with Crippen LogP contribution in [0.2, 0.25) is 0 Å². The van der Waals surface area contributed by atoms with Crippen molar-refractivity contribution in [1.29, 1.82) is 0 Å². The van der Waals surface area contributed by atoms with Crippen LogP contribution < -0.4 is 5.73 Å². The first-order valence-electron chi connectivity index (χ1n) is 6.41. The van der Waals surface area contributed by atoms with Gasteiger partial charge in [-0.1, -0.05) is 12.1 Å². The molecule has 1 unspecified atom stereocenters. The number of hydrogen-bond donors (Lipinski definition) is 1. The van der Waals surface area contributed by atoms with E-state index in [4.69, 9.17) is 5.73 Å². The van der Waals surface area contributed by atoms with Gasteiger partial charge in [0.05, 0.1) is 0 Å². The van der Waals surface area contributed by atoms with Crippen LogP contribution in [0.5, 0.6) is 0 Å². The van der Waals surface area contributed by atoms with E-state index in [0.717, 1.165) is 18.9 Å². The third-order valence-corrected chi connectivity index (χ3v) is 3.95. The molecule has 1 aliphatic carbocycles. The predicted molar refractivity (Wildman–Crippen MR) is 69.8 cm³/mol. The number of rotatable bonds is 4. The van der Waals surface area contributed by atoms with Gasteiger partial charge in [-0.05, 0) is 80.7 Å². The summed E-state index contributed by atoms with van der Waals surface area (Å²) in [6.07, 6.45) is 3.95. The van der Waals surface area contributed by atoms with E-state index in [-0.39, 0.29) is 0 Å². The summed E-state index contributed by atoms with van der Waals surface area (Å²) in [5.41, 5.74) is 11.6. The lowest BCUT2D eigenvalue weighted by atomic mass is 9.86. The Labute approximate surface area is 99.0 Å². The second-order valence-corrected chi connectivity index (χ2v) is 5.31. The van der Waals surface area contributed by atoms with E-state index in [1.807, 2.05) is 0 Å². The Bertz CT molecular complexity index is 377. The Balaban J connectivity index is 2.32. The molecule has 0 amide bonds. The Morgan fingerprint density at radius 2 is 1.75 bits per heavy atom. The standard InChI is InChI=1S/C15H23N/c1-10-8-12(3)15(9-11(10)2)14(6-7-16)13-4-5-13/h8-9,13-14H,4-7,16H2,1-3H3. The fourth-order valence-corrected chi connectivity index (χ4v) is 2.71. The van der Waals surface area contributed by atoms with E-state index in [1.165, 1.54) is 29.5 Å². The van der Waals surface area contributed by atoms with Crippen molar-refractivity contribution in [3.8, 4) is 0 Å². The van der Waals surface area contributed by atoms with Crippen LogP contribution in [0.3, 0.4) is 0 Å². The zero-order valence-electron chi connectivity index (χ0n) is 10.7. The largest absolute Gasteiger partial charge is 0.330 e. The van der Waals surface area contributed by atoms with E-state index in [0.29, 0.717) is 5.92 Å². The van der Waals surface area contributed by atoms with E-state index in [1.54, 1.807) is 5.56 Å². The maximum absolute atomic E-state index is 5.75. The van der Waals surface area contributed by atoms with Crippen molar-refractivity contribution in [2.24, 2.45) is 11.7 Å². The molecule has 16 heavy (non-hydrogen) atoms. The third kappa shape index (κ3) is 2.30. The van der Waals surface area contributed by atoms with E-state index in [2.05, 4.69) is 32.9 Å². The highest BCUT2D eigenvalue weighted by Crippen LogP contribution is 2.45. The van der Waals surface area contributed by atoms with Crippen molar-refractivity contribution in [2.45, 2.75) is 46.0 Å². The van der Waals surface area contributed by atoms with Crippen LogP contribution in [0, 0.1) is 26.7 Å². The highest BCUT2D eigenvalue weighted by atomic mass is 14.5. The molecule has 0 heterocycles. The summed E-state index contributed by atoms with van der Waals surface area (Å²) >= 11 is 0. The Hall–Kier alpha value is -0.820. The highest BCUT2D eigenvalue weighted by molar-refractivity contribution is 5.39. The summed E-state index contributed by atoms with van der Waals surface area (Å²) in [7, 11) is 0. The Kier molecular flexibility index (Phi) is 3.34. The molecular weight excluding hydrogens is 194 g/mol. The fraction of sp³-hybridized carbons (Fsp3) is 0.600. The minimum Gasteiger partial charge on any atom is -0.330 e. The molecule has 0 aromatic heterocycles.